The molecule has 0 aliphatic heterocycles. The molecule has 5 aromatic rings. The van der Waals surface area contributed by atoms with Crippen molar-refractivity contribution >= 4 is 43.9 Å². The molecular formula is C24H19N3O3S. The van der Waals surface area contributed by atoms with Gasteiger partial charge in [-0.15, -0.1) is 11.3 Å². The van der Waals surface area contributed by atoms with Gasteiger partial charge in [0.1, 0.15) is 11.5 Å². The molecule has 0 aliphatic carbocycles. The van der Waals surface area contributed by atoms with Crippen LogP contribution in [-0.4, -0.2) is 30.3 Å². The number of hydrogen-bond donors (Lipinski definition) is 2. The summed E-state index contributed by atoms with van der Waals surface area (Å²) in [7, 11) is 3.14. The van der Waals surface area contributed by atoms with Crippen molar-refractivity contribution in [1.29, 1.82) is 0 Å². The summed E-state index contributed by atoms with van der Waals surface area (Å²) < 4.78 is 11.9. The zero-order valence-corrected chi connectivity index (χ0v) is 17.7. The van der Waals surface area contributed by atoms with E-state index < -0.39 is 0 Å². The number of hydrogen-bond acceptors (Lipinski definition) is 5. The van der Waals surface area contributed by atoms with E-state index in [0.717, 1.165) is 21.3 Å². The predicted molar refractivity (Wildman–Crippen MR) is 124 cm³/mol. The number of fused-ring (bicyclic) bond motifs is 2. The van der Waals surface area contributed by atoms with Gasteiger partial charge in [-0.3, -0.25) is 9.89 Å². The lowest BCUT2D eigenvalue weighted by Crippen LogP contribution is -2.13. The molecule has 2 aromatic heterocycles. The minimum atomic E-state index is -0.239. The van der Waals surface area contributed by atoms with Crippen molar-refractivity contribution in [2.45, 2.75) is 0 Å². The number of aromatic nitrogens is 2. The third-order valence-electron chi connectivity index (χ3n) is 5.16. The summed E-state index contributed by atoms with van der Waals surface area (Å²) in [6, 6.07) is 19.4. The van der Waals surface area contributed by atoms with Gasteiger partial charge in [0.2, 0.25) is 0 Å². The summed E-state index contributed by atoms with van der Waals surface area (Å²) in [5, 5.41) is 12.2. The Labute approximate surface area is 182 Å². The summed E-state index contributed by atoms with van der Waals surface area (Å²) >= 11 is 1.69. The Hall–Kier alpha value is -3.84. The molecule has 6 nitrogen and oxygen atoms in total. The molecule has 0 radical (unpaired) electrons. The first-order chi connectivity index (χ1) is 15.2. The zero-order chi connectivity index (χ0) is 21.4. The number of carbonyl (C=O) groups is 1. The van der Waals surface area contributed by atoms with Crippen LogP contribution in [0.1, 0.15) is 10.4 Å². The van der Waals surface area contributed by atoms with E-state index in [1.165, 1.54) is 10.1 Å². The van der Waals surface area contributed by atoms with E-state index in [2.05, 4.69) is 33.7 Å². The summed E-state index contributed by atoms with van der Waals surface area (Å²) in [5.41, 5.74) is 2.93. The van der Waals surface area contributed by atoms with Crippen molar-refractivity contribution in [2.75, 3.05) is 19.5 Å². The molecule has 0 unspecified atom stereocenters. The van der Waals surface area contributed by atoms with Crippen LogP contribution in [0.4, 0.5) is 5.69 Å². The number of thiophene rings is 1. The number of ether oxygens (including phenoxy) is 2. The zero-order valence-electron chi connectivity index (χ0n) is 16.9. The van der Waals surface area contributed by atoms with E-state index in [4.69, 9.17) is 9.47 Å². The molecule has 0 saturated carbocycles. The molecule has 2 heterocycles. The van der Waals surface area contributed by atoms with Gasteiger partial charge in [0.05, 0.1) is 31.6 Å². The largest absolute Gasteiger partial charge is 0.497 e. The number of nitrogens with one attached hydrogen (secondary N) is 2. The molecule has 3 aromatic carbocycles. The molecular weight excluding hydrogens is 410 g/mol. The maximum absolute atomic E-state index is 13.2. The molecule has 1 amide bonds. The van der Waals surface area contributed by atoms with Crippen molar-refractivity contribution in [2.24, 2.45) is 0 Å². The van der Waals surface area contributed by atoms with Gasteiger partial charge in [-0.1, -0.05) is 18.2 Å². The Morgan fingerprint density at radius 2 is 1.87 bits per heavy atom. The third kappa shape index (κ3) is 3.49. The number of anilines is 1. The van der Waals surface area contributed by atoms with Crippen LogP contribution in [0.2, 0.25) is 0 Å². The maximum Gasteiger partial charge on any atom is 0.255 e. The number of aromatic amines is 1. The lowest BCUT2D eigenvalue weighted by Gasteiger charge is -2.12. The van der Waals surface area contributed by atoms with Crippen LogP contribution in [0.3, 0.4) is 0 Å². The van der Waals surface area contributed by atoms with Gasteiger partial charge in [0.15, 0.2) is 0 Å². The molecule has 0 spiro atoms. The van der Waals surface area contributed by atoms with Crippen LogP contribution in [-0.2, 0) is 0 Å². The van der Waals surface area contributed by atoms with Gasteiger partial charge in [-0.2, -0.15) is 5.10 Å². The lowest BCUT2D eigenvalue weighted by atomic mass is 10.0. The smallest absolute Gasteiger partial charge is 0.255 e. The summed E-state index contributed by atoms with van der Waals surface area (Å²) in [6.07, 6.45) is 1.73. The second-order valence-electron chi connectivity index (χ2n) is 7.03. The molecule has 7 heteroatoms. The van der Waals surface area contributed by atoms with Crippen LogP contribution in [0.15, 0.2) is 66.9 Å². The quantitative estimate of drug-likeness (QED) is 0.375. The summed E-state index contributed by atoms with van der Waals surface area (Å²) in [5.74, 6) is 0.952. The van der Waals surface area contributed by atoms with Crippen molar-refractivity contribution in [3.8, 4) is 21.9 Å². The molecule has 0 bridgehead atoms. The highest BCUT2D eigenvalue weighted by molar-refractivity contribution is 7.22. The first-order valence-corrected chi connectivity index (χ1v) is 10.5. The number of H-pyrrole nitrogens is 1. The summed E-state index contributed by atoms with van der Waals surface area (Å²) in [4.78, 5) is 14.2. The Balaban J connectivity index is 1.57. The molecule has 0 aliphatic rings. The fraction of sp³-hybridized carbons (Fsp3) is 0.0833. The van der Waals surface area contributed by atoms with Gasteiger partial charge in [0, 0.05) is 32.2 Å². The van der Waals surface area contributed by atoms with Gasteiger partial charge < -0.3 is 14.8 Å². The molecule has 154 valence electrons. The Kier molecular flexibility index (Phi) is 4.80. The maximum atomic E-state index is 13.2. The van der Waals surface area contributed by atoms with Gasteiger partial charge in [-0.05, 0) is 41.8 Å². The van der Waals surface area contributed by atoms with Crippen molar-refractivity contribution in [3.63, 3.8) is 0 Å². The average molecular weight is 430 g/mol. The number of carbonyl (C=O) groups excluding carboxylic acids is 1. The second-order valence-corrected chi connectivity index (χ2v) is 8.11. The minimum Gasteiger partial charge on any atom is -0.497 e. The van der Waals surface area contributed by atoms with Crippen LogP contribution >= 0.6 is 11.3 Å². The van der Waals surface area contributed by atoms with E-state index in [0.29, 0.717) is 22.7 Å². The molecule has 0 saturated heterocycles. The number of rotatable bonds is 5. The molecule has 0 atom stereocenters. The number of nitrogens with zero attached hydrogens (tertiary/aromatic N) is 1. The van der Waals surface area contributed by atoms with Crippen molar-refractivity contribution in [1.82, 2.24) is 10.2 Å². The Morgan fingerprint density at radius 1 is 1.00 bits per heavy atom. The highest BCUT2D eigenvalue weighted by atomic mass is 32.1. The fourth-order valence-electron chi connectivity index (χ4n) is 3.60. The fourth-order valence-corrected chi connectivity index (χ4v) is 4.69. The van der Waals surface area contributed by atoms with Crippen LogP contribution in [0, 0.1) is 0 Å². The second kappa shape index (κ2) is 7.77. The van der Waals surface area contributed by atoms with Crippen LogP contribution in [0.5, 0.6) is 11.5 Å². The van der Waals surface area contributed by atoms with E-state index in [1.54, 1.807) is 50.0 Å². The first-order valence-electron chi connectivity index (χ1n) is 9.66. The topological polar surface area (TPSA) is 76.2 Å². The SMILES string of the molecule is COc1ccc(OC)c(NC(=O)c2cc(-c3cc4ccccc4s3)c3[nH]ncc3c2)c1. The minimum absolute atomic E-state index is 0.239. The van der Waals surface area contributed by atoms with Gasteiger partial charge in [0.25, 0.3) is 5.91 Å². The number of amides is 1. The Bertz CT molecular complexity index is 1390. The van der Waals surface area contributed by atoms with Gasteiger partial charge >= 0.3 is 0 Å². The van der Waals surface area contributed by atoms with E-state index in [9.17, 15) is 4.79 Å². The lowest BCUT2D eigenvalue weighted by molar-refractivity contribution is 0.102. The summed E-state index contributed by atoms with van der Waals surface area (Å²) in [6.45, 7) is 0. The Morgan fingerprint density at radius 3 is 2.68 bits per heavy atom. The highest BCUT2D eigenvalue weighted by Gasteiger charge is 2.16. The molecule has 2 N–H and O–H groups in total. The normalized spacial score (nSPS) is 11.0. The molecule has 0 fully saturated rings. The van der Waals surface area contributed by atoms with E-state index in [1.807, 2.05) is 24.3 Å². The monoisotopic (exact) mass is 429 g/mol. The van der Waals surface area contributed by atoms with Gasteiger partial charge in [-0.25, -0.2) is 0 Å². The standard InChI is InChI=1S/C24H19N3O3S/c1-29-17-7-8-20(30-2)19(12-17)26-24(28)15-9-16-13-25-27-23(16)18(10-15)22-11-14-5-3-4-6-21(14)31-22/h3-13H,1-2H3,(H,25,27)(H,26,28). The molecule has 31 heavy (non-hydrogen) atoms. The number of methoxy groups -OCH3 is 2. The number of benzene rings is 3. The molecule has 5 rings (SSSR count). The van der Waals surface area contributed by atoms with E-state index >= 15 is 0 Å². The van der Waals surface area contributed by atoms with Crippen LogP contribution < -0.4 is 14.8 Å². The predicted octanol–water partition coefficient (Wildman–Crippen LogP) is 5.71. The van der Waals surface area contributed by atoms with Crippen molar-refractivity contribution in [3.05, 3.63) is 72.4 Å². The average Bonchev–Trinajstić information content (AvgIpc) is 3.45. The highest BCUT2D eigenvalue weighted by Crippen LogP contribution is 2.37. The third-order valence-corrected chi connectivity index (χ3v) is 6.31. The van der Waals surface area contributed by atoms with E-state index in [-0.39, 0.29) is 5.91 Å². The van der Waals surface area contributed by atoms with Crippen molar-refractivity contribution < 1.29 is 14.3 Å². The first kappa shape index (κ1) is 19.1. The van der Waals surface area contributed by atoms with Crippen LogP contribution in [0.25, 0.3) is 31.4 Å².